The third-order valence-corrected chi connectivity index (χ3v) is 7.66. The molecule has 0 aromatic heterocycles. The van der Waals surface area contributed by atoms with Crippen LogP contribution in [0, 0.1) is 6.92 Å². The predicted molar refractivity (Wildman–Crippen MR) is 126 cm³/mol. The quantitative estimate of drug-likeness (QED) is 0.631. The third-order valence-electron chi connectivity index (χ3n) is 7.66. The summed E-state index contributed by atoms with van der Waals surface area (Å²) in [6.45, 7) is 13.2. The van der Waals surface area contributed by atoms with E-state index in [4.69, 9.17) is 14.3 Å². The monoisotopic (exact) mass is 424 g/mol. The van der Waals surface area contributed by atoms with Gasteiger partial charge in [-0.15, -0.1) is 0 Å². The highest BCUT2D eigenvalue weighted by Crippen LogP contribution is 2.40. The molecule has 4 rings (SSSR count). The Hall–Kier alpha value is -1.66. The van der Waals surface area contributed by atoms with Crippen molar-refractivity contribution in [3.63, 3.8) is 0 Å². The largest absolute Gasteiger partial charge is 0.495 e. The van der Waals surface area contributed by atoms with Crippen LogP contribution in [0.1, 0.15) is 90.7 Å². The molecule has 2 fully saturated rings. The van der Waals surface area contributed by atoms with Crippen LogP contribution < -0.4 is 5.46 Å². The van der Waals surface area contributed by atoms with Gasteiger partial charge in [-0.25, -0.2) is 0 Å². The Morgan fingerprint density at radius 3 is 2.32 bits per heavy atom. The highest BCUT2D eigenvalue weighted by atomic mass is 16.7. The summed E-state index contributed by atoms with van der Waals surface area (Å²) in [5, 5.41) is 0. The number of amidine groups is 1. The van der Waals surface area contributed by atoms with Crippen LogP contribution in [0.2, 0.25) is 0 Å². The first-order chi connectivity index (χ1) is 14.6. The van der Waals surface area contributed by atoms with Crippen LogP contribution in [-0.4, -0.2) is 40.5 Å². The Kier molecular flexibility index (Phi) is 5.84. The number of carbonyl (C=O) groups excluding carboxylic acids is 1. The zero-order chi connectivity index (χ0) is 22.4. The van der Waals surface area contributed by atoms with Gasteiger partial charge in [0.1, 0.15) is 11.4 Å². The number of nitrogens with zero attached hydrogens (tertiary/aromatic N) is 2. The highest BCUT2D eigenvalue weighted by molar-refractivity contribution is 6.62. The van der Waals surface area contributed by atoms with Crippen molar-refractivity contribution in [3.05, 3.63) is 29.3 Å². The third kappa shape index (κ3) is 3.98. The van der Waals surface area contributed by atoms with Gasteiger partial charge in [0.15, 0.2) is 0 Å². The Morgan fingerprint density at radius 1 is 1.10 bits per heavy atom. The second-order valence-electron chi connectivity index (χ2n) is 10.5. The van der Waals surface area contributed by atoms with Gasteiger partial charge in [-0.2, -0.15) is 0 Å². The van der Waals surface area contributed by atoms with Gasteiger partial charge in [0.05, 0.1) is 17.7 Å². The van der Waals surface area contributed by atoms with Gasteiger partial charge < -0.3 is 9.31 Å². The molecule has 2 aliphatic heterocycles. The van der Waals surface area contributed by atoms with Gasteiger partial charge in [-0.1, -0.05) is 49.9 Å². The fraction of sp³-hybridized carbons (Fsp3) is 0.680. The van der Waals surface area contributed by atoms with E-state index in [1.807, 2.05) is 4.90 Å². The normalized spacial score (nSPS) is 23.8. The second-order valence-corrected chi connectivity index (χ2v) is 10.5. The molecule has 2 heterocycles. The first kappa shape index (κ1) is 22.5. The van der Waals surface area contributed by atoms with E-state index >= 15 is 0 Å². The minimum absolute atomic E-state index is 0.212. The lowest BCUT2D eigenvalue weighted by molar-refractivity contribution is -0.131. The van der Waals surface area contributed by atoms with Gasteiger partial charge in [0, 0.05) is 6.42 Å². The van der Waals surface area contributed by atoms with E-state index < -0.39 is 5.54 Å². The van der Waals surface area contributed by atoms with Crippen molar-refractivity contribution in [1.29, 1.82) is 0 Å². The van der Waals surface area contributed by atoms with E-state index in [0.717, 1.165) is 67.4 Å². The lowest BCUT2D eigenvalue weighted by atomic mass is 9.76. The van der Waals surface area contributed by atoms with Crippen LogP contribution in [0.25, 0.3) is 0 Å². The molecule has 3 aliphatic rings. The summed E-state index contributed by atoms with van der Waals surface area (Å²) in [7, 11) is -0.365. The number of amides is 1. The standard InChI is InChI=1S/C25H37BN2O3/c1-7-8-11-21-27-25(14-9-10-15-25)22(29)28(21)17-19-12-13-20(18(2)16-19)26-30-23(3,4)24(5,6)31-26/h12-13,16H,7-11,14-15,17H2,1-6H3. The summed E-state index contributed by atoms with van der Waals surface area (Å²) in [5.74, 6) is 1.20. The number of rotatable bonds is 6. The van der Waals surface area contributed by atoms with E-state index in [9.17, 15) is 4.79 Å². The van der Waals surface area contributed by atoms with Crippen molar-refractivity contribution in [2.24, 2.45) is 4.99 Å². The molecular weight excluding hydrogens is 387 g/mol. The number of aliphatic imine (C=N–C) groups is 1. The summed E-state index contributed by atoms with van der Waals surface area (Å²) >= 11 is 0. The molecule has 1 aromatic carbocycles. The second kappa shape index (κ2) is 8.04. The molecule has 0 radical (unpaired) electrons. The zero-order valence-electron chi connectivity index (χ0n) is 20.1. The van der Waals surface area contributed by atoms with Crippen LogP contribution >= 0.6 is 0 Å². The molecule has 5 nitrogen and oxygen atoms in total. The SMILES string of the molecule is CCCCC1=NC2(CCCC2)C(=O)N1Cc1ccc(B2OC(C)(C)C(C)(C)O2)c(C)c1. The molecule has 1 aliphatic carbocycles. The van der Waals surface area contributed by atoms with Gasteiger partial charge in [0.25, 0.3) is 5.91 Å². The summed E-state index contributed by atoms with van der Waals surface area (Å²) < 4.78 is 12.5. The molecule has 6 heteroatoms. The van der Waals surface area contributed by atoms with Crippen LogP contribution in [0.3, 0.4) is 0 Å². The maximum absolute atomic E-state index is 13.4. The summed E-state index contributed by atoms with van der Waals surface area (Å²) in [5.41, 5.74) is 2.13. The van der Waals surface area contributed by atoms with E-state index in [-0.39, 0.29) is 24.2 Å². The highest BCUT2D eigenvalue weighted by Gasteiger charge is 2.52. The molecule has 0 atom stereocenters. The van der Waals surface area contributed by atoms with E-state index in [1.54, 1.807) is 0 Å². The molecule has 168 valence electrons. The molecule has 1 spiro atoms. The maximum atomic E-state index is 13.4. The Labute approximate surface area is 187 Å². The topological polar surface area (TPSA) is 51.1 Å². The number of aryl methyl sites for hydroxylation is 1. The minimum atomic E-state index is -0.471. The van der Waals surface area contributed by atoms with Gasteiger partial charge >= 0.3 is 7.12 Å². The van der Waals surface area contributed by atoms with Crippen molar-refractivity contribution in [2.75, 3.05) is 0 Å². The molecule has 1 saturated carbocycles. The predicted octanol–water partition coefficient (Wildman–Crippen LogP) is 4.54. The average molecular weight is 424 g/mol. The smallest absolute Gasteiger partial charge is 0.399 e. The number of unbranched alkanes of at least 4 members (excludes halogenated alkanes) is 1. The van der Waals surface area contributed by atoms with Crippen molar-refractivity contribution in [2.45, 2.75) is 110 Å². The number of hydrogen-bond donors (Lipinski definition) is 0. The van der Waals surface area contributed by atoms with Crippen LogP contribution in [-0.2, 0) is 20.6 Å². The Morgan fingerprint density at radius 2 is 1.74 bits per heavy atom. The van der Waals surface area contributed by atoms with E-state index in [2.05, 4.69) is 59.7 Å². The number of benzene rings is 1. The van der Waals surface area contributed by atoms with Gasteiger partial charge in [-0.05, 0) is 64.9 Å². The molecule has 1 saturated heterocycles. The molecule has 1 aromatic rings. The van der Waals surface area contributed by atoms with Crippen LogP contribution in [0.4, 0.5) is 0 Å². The number of hydrogen-bond acceptors (Lipinski definition) is 4. The van der Waals surface area contributed by atoms with Gasteiger partial charge in [0.2, 0.25) is 0 Å². The molecule has 31 heavy (non-hydrogen) atoms. The number of carbonyl (C=O) groups is 1. The van der Waals surface area contributed by atoms with Crippen LogP contribution in [0.5, 0.6) is 0 Å². The molecule has 0 N–H and O–H groups in total. The van der Waals surface area contributed by atoms with Crippen molar-refractivity contribution < 1.29 is 14.1 Å². The van der Waals surface area contributed by atoms with Crippen molar-refractivity contribution in [3.8, 4) is 0 Å². The lowest BCUT2D eigenvalue weighted by Crippen LogP contribution is -2.41. The average Bonchev–Trinajstić information content (AvgIpc) is 3.32. The van der Waals surface area contributed by atoms with Gasteiger partial charge in [-0.3, -0.25) is 14.7 Å². The molecule has 0 bridgehead atoms. The first-order valence-corrected chi connectivity index (χ1v) is 11.9. The van der Waals surface area contributed by atoms with Crippen LogP contribution in [0.15, 0.2) is 23.2 Å². The summed E-state index contributed by atoms with van der Waals surface area (Å²) in [6.07, 6.45) is 7.07. The van der Waals surface area contributed by atoms with Crippen molar-refractivity contribution in [1.82, 2.24) is 4.90 Å². The maximum Gasteiger partial charge on any atom is 0.495 e. The summed E-state index contributed by atoms with van der Waals surface area (Å²) in [4.78, 5) is 20.3. The minimum Gasteiger partial charge on any atom is -0.399 e. The fourth-order valence-electron chi connectivity index (χ4n) is 4.95. The van der Waals surface area contributed by atoms with Crippen molar-refractivity contribution >= 4 is 24.3 Å². The molecule has 0 unspecified atom stereocenters. The lowest BCUT2D eigenvalue weighted by Gasteiger charge is -2.32. The Bertz CT molecular complexity index is 871. The zero-order valence-corrected chi connectivity index (χ0v) is 20.1. The first-order valence-electron chi connectivity index (χ1n) is 11.9. The molecule has 1 amide bonds. The Balaban J connectivity index is 1.53. The van der Waals surface area contributed by atoms with E-state index in [0.29, 0.717) is 6.54 Å². The summed E-state index contributed by atoms with van der Waals surface area (Å²) in [6, 6.07) is 6.38. The molecular formula is C25H37BN2O3. The fourth-order valence-corrected chi connectivity index (χ4v) is 4.95. The van der Waals surface area contributed by atoms with E-state index in [1.165, 1.54) is 0 Å².